The van der Waals surface area contributed by atoms with Crippen LogP contribution in [0.4, 0.5) is 0 Å². The SMILES string of the molecule is CCC(NC(C)c1csc(C)n1)c1cccs1. The molecule has 2 heterocycles. The number of hydrogen-bond donors (Lipinski definition) is 1. The van der Waals surface area contributed by atoms with Gasteiger partial charge in [-0.3, -0.25) is 0 Å². The monoisotopic (exact) mass is 266 g/mol. The van der Waals surface area contributed by atoms with Gasteiger partial charge in [0, 0.05) is 22.3 Å². The van der Waals surface area contributed by atoms with Gasteiger partial charge in [0.1, 0.15) is 0 Å². The first kappa shape index (κ1) is 12.7. The molecule has 2 rings (SSSR count). The molecule has 2 atom stereocenters. The number of aryl methyl sites for hydroxylation is 1. The van der Waals surface area contributed by atoms with Gasteiger partial charge in [0.15, 0.2) is 0 Å². The summed E-state index contributed by atoms with van der Waals surface area (Å²) in [6.07, 6.45) is 1.11. The van der Waals surface area contributed by atoms with Crippen molar-refractivity contribution < 1.29 is 0 Å². The molecule has 92 valence electrons. The van der Waals surface area contributed by atoms with Crippen LogP contribution in [0, 0.1) is 6.92 Å². The van der Waals surface area contributed by atoms with Crippen LogP contribution < -0.4 is 5.32 Å². The zero-order valence-corrected chi connectivity index (χ0v) is 12.1. The fraction of sp³-hybridized carbons (Fsp3) is 0.462. The quantitative estimate of drug-likeness (QED) is 0.872. The standard InChI is InChI=1S/C13H18N2S2/c1-4-11(13-6-5-7-16-13)14-9(2)12-8-17-10(3)15-12/h5-9,11,14H,4H2,1-3H3. The number of rotatable bonds is 5. The van der Waals surface area contributed by atoms with Crippen LogP contribution in [0.3, 0.4) is 0 Å². The molecule has 0 radical (unpaired) electrons. The Balaban J connectivity index is 2.04. The third kappa shape index (κ3) is 3.15. The Morgan fingerprint density at radius 2 is 2.24 bits per heavy atom. The van der Waals surface area contributed by atoms with E-state index in [9.17, 15) is 0 Å². The van der Waals surface area contributed by atoms with Crippen molar-refractivity contribution in [1.29, 1.82) is 0 Å². The second-order valence-electron chi connectivity index (χ2n) is 4.16. The highest BCUT2D eigenvalue weighted by Crippen LogP contribution is 2.25. The average molecular weight is 266 g/mol. The molecule has 0 aliphatic rings. The second kappa shape index (κ2) is 5.76. The molecule has 0 amide bonds. The Bertz CT molecular complexity index is 448. The second-order valence-corrected chi connectivity index (χ2v) is 6.20. The van der Waals surface area contributed by atoms with E-state index >= 15 is 0 Å². The van der Waals surface area contributed by atoms with Gasteiger partial charge in [0.05, 0.1) is 10.7 Å². The van der Waals surface area contributed by atoms with Crippen LogP contribution in [0.25, 0.3) is 0 Å². The first-order valence-corrected chi connectivity index (χ1v) is 7.68. The highest BCUT2D eigenvalue weighted by molar-refractivity contribution is 7.10. The summed E-state index contributed by atoms with van der Waals surface area (Å²) in [7, 11) is 0. The van der Waals surface area contributed by atoms with E-state index in [1.807, 2.05) is 11.3 Å². The van der Waals surface area contributed by atoms with Crippen LogP contribution in [0.2, 0.25) is 0 Å². The van der Waals surface area contributed by atoms with Gasteiger partial charge in [0.25, 0.3) is 0 Å². The first-order valence-electron chi connectivity index (χ1n) is 5.92. The maximum atomic E-state index is 4.54. The molecule has 0 saturated heterocycles. The van der Waals surface area contributed by atoms with Crippen molar-refractivity contribution >= 4 is 22.7 Å². The number of aromatic nitrogens is 1. The summed E-state index contributed by atoms with van der Waals surface area (Å²) in [6.45, 7) is 6.46. The van der Waals surface area contributed by atoms with E-state index in [4.69, 9.17) is 0 Å². The maximum Gasteiger partial charge on any atom is 0.0898 e. The summed E-state index contributed by atoms with van der Waals surface area (Å²) in [5, 5.41) is 9.07. The number of thiophene rings is 1. The molecule has 17 heavy (non-hydrogen) atoms. The predicted molar refractivity (Wildman–Crippen MR) is 75.8 cm³/mol. The van der Waals surface area contributed by atoms with Crippen molar-refractivity contribution in [2.75, 3.05) is 0 Å². The van der Waals surface area contributed by atoms with Crippen molar-refractivity contribution in [2.24, 2.45) is 0 Å². The summed E-state index contributed by atoms with van der Waals surface area (Å²) < 4.78 is 0. The Labute approximate surface area is 111 Å². The van der Waals surface area contributed by atoms with Gasteiger partial charge in [-0.15, -0.1) is 22.7 Å². The maximum absolute atomic E-state index is 4.54. The van der Waals surface area contributed by atoms with Crippen molar-refractivity contribution in [2.45, 2.75) is 39.3 Å². The molecule has 0 spiro atoms. The summed E-state index contributed by atoms with van der Waals surface area (Å²) in [4.78, 5) is 5.95. The summed E-state index contributed by atoms with van der Waals surface area (Å²) in [5.74, 6) is 0. The lowest BCUT2D eigenvalue weighted by atomic mass is 10.1. The van der Waals surface area contributed by atoms with Gasteiger partial charge in [-0.1, -0.05) is 13.0 Å². The Morgan fingerprint density at radius 1 is 1.41 bits per heavy atom. The molecule has 2 aromatic heterocycles. The van der Waals surface area contributed by atoms with Crippen molar-refractivity contribution in [3.63, 3.8) is 0 Å². The van der Waals surface area contributed by atoms with Gasteiger partial charge in [-0.2, -0.15) is 0 Å². The molecule has 0 aromatic carbocycles. The van der Waals surface area contributed by atoms with Gasteiger partial charge < -0.3 is 5.32 Å². The zero-order valence-electron chi connectivity index (χ0n) is 10.4. The number of nitrogens with one attached hydrogen (secondary N) is 1. The lowest BCUT2D eigenvalue weighted by molar-refractivity contribution is 0.456. The van der Waals surface area contributed by atoms with E-state index in [1.165, 1.54) is 4.88 Å². The largest absolute Gasteiger partial charge is 0.301 e. The number of hydrogen-bond acceptors (Lipinski definition) is 4. The highest BCUT2D eigenvalue weighted by Gasteiger charge is 2.15. The Kier molecular flexibility index (Phi) is 4.31. The first-order chi connectivity index (χ1) is 8.20. The normalized spacial score (nSPS) is 14.8. The third-order valence-corrected chi connectivity index (χ3v) is 4.60. The minimum atomic E-state index is 0.312. The van der Waals surface area contributed by atoms with Gasteiger partial charge in [-0.05, 0) is 31.7 Å². The van der Waals surface area contributed by atoms with Gasteiger partial charge in [0.2, 0.25) is 0 Å². The van der Waals surface area contributed by atoms with Crippen LogP contribution in [-0.4, -0.2) is 4.98 Å². The van der Waals surface area contributed by atoms with Crippen LogP contribution in [0.5, 0.6) is 0 Å². The van der Waals surface area contributed by atoms with E-state index in [1.54, 1.807) is 11.3 Å². The summed E-state index contributed by atoms with van der Waals surface area (Å²) >= 11 is 3.53. The Morgan fingerprint density at radius 3 is 2.76 bits per heavy atom. The molecule has 0 fully saturated rings. The van der Waals surface area contributed by atoms with E-state index in [2.05, 4.69) is 54.0 Å². The zero-order chi connectivity index (χ0) is 12.3. The van der Waals surface area contributed by atoms with E-state index in [0.717, 1.165) is 17.1 Å². The van der Waals surface area contributed by atoms with Crippen LogP contribution in [0.1, 0.15) is 47.9 Å². The van der Waals surface area contributed by atoms with E-state index < -0.39 is 0 Å². The summed E-state index contributed by atoms with van der Waals surface area (Å²) in [5.41, 5.74) is 1.16. The molecular weight excluding hydrogens is 248 g/mol. The smallest absolute Gasteiger partial charge is 0.0898 e. The molecule has 0 aliphatic heterocycles. The number of thiazole rings is 1. The van der Waals surface area contributed by atoms with Crippen molar-refractivity contribution in [1.82, 2.24) is 10.3 Å². The fourth-order valence-electron chi connectivity index (χ4n) is 1.86. The van der Waals surface area contributed by atoms with Crippen LogP contribution in [-0.2, 0) is 0 Å². The molecule has 0 saturated carbocycles. The highest BCUT2D eigenvalue weighted by atomic mass is 32.1. The fourth-order valence-corrected chi connectivity index (χ4v) is 3.43. The minimum Gasteiger partial charge on any atom is -0.301 e. The molecule has 4 heteroatoms. The molecule has 2 aromatic rings. The molecular formula is C13H18N2S2. The van der Waals surface area contributed by atoms with Crippen molar-refractivity contribution in [3.8, 4) is 0 Å². The lowest BCUT2D eigenvalue weighted by Gasteiger charge is -2.20. The molecule has 0 bridgehead atoms. The molecule has 1 N–H and O–H groups in total. The van der Waals surface area contributed by atoms with Crippen LogP contribution in [0.15, 0.2) is 22.9 Å². The van der Waals surface area contributed by atoms with Crippen molar-refractivity contribution in [3.05, 3.63) is 38.5 Å². The number of nitrogens with zero attached hydrogens (tertiary/aromatic N) is 1. The Hall–Kier alpha value is -0.710. The van der Waals surface area contributed by atoms with Crippen LogP contribution >= 0.6 is 22.7 Å². The predicted octanol–water partition coefficient (Wildman–Crippen LogP) is 4.31. The minimum absolute atomic E-state index is 0.312. The molecule has 2 unspecified atom stereocenters. The van der Waals surface area contributed by atoms with E-state index in [0.29, 0.717) is 12.1 Å². The average Bonchev–Trinajstić information content (AvgIpc) is 2.96. The third-order valence-electron chi connectivity index (χ3n) is 2.83. The molecule has 2 nitrogen and oxygen atoms in total. The molecule has 0 aliphatic carbocycles. The topological polar surface area (TPSA) is 24.9 Å². The van der Waals surface area contributed by atoms with E-state index in [-0.39, 0.29) is 0 Å². The lowest BCUT2D eigenvalue weighted by Crippen LogP contribution is -2.23. The summed E-state index contributed by atoms with van der Waals surface area (Å²) in [6, 6.07) is 5.06. The van der Waals surface area contributed by atoms with Gasteiger partial charge in [-0.25, -0.2) is 4.98 Å². The van der Waals surface area contributed by atoms with Gasteiger partial charge >= 0.3 is 0 Å².